The maximum absolute atomic E-state index is 11.4. The van der Waals surface area contributed by atoms with Crippen LogP contribution in [-0.4, -0.2) is 38.1 Å². The van der Waals surface area contributed by atoms with Gasteiger partial charge in [-0.25, -0.2) is 12.7 Å². The van der Waals surface area contributed by atoms with E-state index < -0.39 is 10.0 Å². The van der Waals surface area contributed by atoms with E-state index in [0.29, 0.717) is 13.1 Å². The molecule has 0 saturated carbocycles. The maximum atomic E-state index is 11.4. The molecule has 4 nitrogen and oxygen atoms in total. The van der Waals surface area contributed by atoms with E-state index in [0.717, 1.165) is 18.5 Å². The van der Waals surface area contributed by atoms with Gasteiger partial charge in [0.15, 0.2) is 0 Å². The van der Waals surface area contributed by atoms with E-state index in [1.54, 1.807) is 0 Å². The summed E-state index contributed by atoms with van der Waals surface area (Å²) in [6, 6.07) is 8.50. The Morgan fingerprint density at radius 1 is 1.44 bits per heavy atom. The Morgan fingerprint density at radius 3 is 2.83 bits per heavy atom. The van der Waals surface area contributed by atoms with Gasteiger partial charge in [0.1, 0.15) is 0 Å². The second kappa shape index (κ2) is 5.28. The molecule has 0 aliphatic carbocycles. The molecule has 5 heteroatoms. The largest absolute Gasteiger partial charge is 0.381 e. The van der Waals surface area contributed by atoms with Crippen molar-refractivity contribution in [3.8, 4) is 0 Å². The molecule has 0 aromatic heterocycles. The first-order valence-corrected chi connectivity index (χ1v) is 8.14. The summed E-state index contributed by atoms with van der Waals surface area (Å²) >= 11 is 0. The number of hydrogen-bond donors (Lipinski definition) is 1. The highest BCUT2D eigenvalue weighted by molar-refractivity contribution is 7.88. The molecule has 0 unspecified atom stereocenters. The quantitative estimate of drug-likeness (QED) is 0.904. The minimum atomic E-state index is -3.05. The summed E-state index contributed by atoms with van der Waals surface area (Å²) in [5, 5.41) is 3.41. The lowest BCUT2D eigenvalue weighted by molar-refractivity contribution is 0.480. The molecule has 1 heterocycles. The molecule has 1 aromatic carbocycles. The normalized spacial score (nSPS) is 21.1. The van der Waals surface area contributed by atoms with E-state index in [1.807, 2.05) is 12.1 Å². The van der Waals surface area contributed by atoms with Gasteiger partial charge in [-0.15, -0.1) is 0 Å². The predicted molar refractivity (Wildman–Crippen MR) is 74.3 cm³/mol. The van der Waals surface area contributed by atoms with Crippen LogP contribution in [0.25, 0.3) is 0 Å². The summed E-state index contributed by atoms with van der Waals surface area (Å²) in [7, 11) is -3.05. The number of aryl methyl sites for hydroxylation is 1. The zero-order valence-electron chi connectivity index (χ0n) is 10.9. The third-order valence-electron chi connectivity index (χ3n) is 3.33. The minimum Gasteiger partial charge on any atom is -0.381 e. The fourth-order valence-corrected chi connectivity index (χ4v) is 3.15. The second-order valence-corrected chi connectivity index (χ2v) is 6.79. The van der Waals surface area contributed by atoms with Gasteiger partial charge < -0.3 is 5.32 Å². The number of benzene rings is 1. The Kier molecular flexibility index (Phi) is 3.92. The molecule has 1 N–H and O–H groups in total. The van der Waals surface area contributed by atoms with Gasteiger partial charge >= 0.3 is 0 Å². The smallest absolute Gasteiger partial charge is 0.211 e. The molecular formula is C13H20N2O2S. The summed E-state index contributed by atoms with van der Waals surface area (Å²) in [5.74, 6) is 0. The number of sulfonamides is 1. The van der Waals surface area contributed by atoms with Gasteiger partial charge in [-0.2, -0.15) is 0 Å². The second-order valence-electron chi connectivity index (χ2n) is 4.80. The molecule has 0 radical (unpaired) electrons. The Bertz CT molecular complexity index is 513. The molecule has 1 atom stereocenters. The standard InChI is InChI=1S/C13H20N2O2S/c1-3-11-5-4-6-12(9-11)14-13-7-8-15(10-13)18(2,16)17/h4-6,9,13-14H,3,7-8,10H2,1-2H3/t13-/m1/s1. The molecule has 1 fully saturated rings. The van der Waals surface area contributed by atoms with E-state index in [-0.39, 0.29) is 6.04 Å². The molecule has 0 amide bonds. The lowest BCUT2D eigenvalue weighted by Gasteiger charge is -2.16. The van der Waals surface area contributed by atoms with Crippen molar-refractivity contribution in [3.05, 3.63) is 29.8 Å². The third kappa shape index (κ3) is 3.23. The Hall–Kier alpha value is -1.07. The monoisotopic (exact) mass is 268 g/mol. The van der Waals surface area contributed by atoms with Crippen molar-refractivity contribution in [2.45, 2.75) is 25.8 Å². The van der Waals surface area contributed by atoms with E-state index in [2.05, 4.69) is 24.4 Å². The molecule has 2 rings (SSSR count). The highest BCUT2D eigenvalue weighted by Gasteiger charge is 2.28. The lowest BCUT2D eigenvalue weighted by Crippen LogP contribution is -2.30. The van der Waals surface area contributed by atoms with Crippen LogP contribution in [0.3, 0.4) is 0 Å². The van der Waals surface area contributed by atoms with Crippen LogP contribution in [0.15, 0.2) is 24.3 Å². The van der Waals surface area contributed by atoms with Gasteiger partial charge in [-0.1, -0.05) is 19.1 Å². The fourth-order valence-electron chi connectivity index (χ4n) is 2.26. The van der Waals surface area contributed by atoms with Crippen LogP contribution in [0.5, 0.6) is 0 Å². The van der Waals surface area contributed by atoms with Crippen LogP contribution in [0.2, 0.25) is 0 Å². The Labute approximate surface area is 109 Å². The van der Waals surface area contributed by atoms with E-state index in [4.69, 9.17) is 0 Å². The first-order chi connectivity index (χ1) is 8.49. The number of anilines is 1. The van der Waals surface area contributed by atoms with Gasteiger partial charge in [0, 0.05) is 24.8 Å². The van der Waals surface area contributed by atoms with Gasteiger partial charge in [0.2, 0.25) is 10.0 Å². The van der Waals surface area contributed by atoms with E-state index in [1.165, 1.54) is 16.1 Å². The van der Waals surface area contributed by atoms with Gasteiger partial charge in [-0.3, -0.25) is 0 Å². The molecule has 1 aliphatic heterocycles. The van der Waals surface area contributed by atoms with Gasteiger partial charge in [0.25, 0.3) is 0 Å². The Morgan fingerprint density at radius 2 is 2.22 bits per heavy atom. The molecular weight excluding hydrogens is 248 g/mol. The fraction of sp³-hybridized carbons (Fsp3) is 0.538. The number of hydrogen-bond acceptors (Lipinski definition) is 3. The average Bonchev–Trinajstić information content (AvgIpc) is 2.77. The van der Waals surface area contributed by atoms with E-state index >= 15 is 0 Å². The first-order valence-electron chi connectivity index (χ1n) is 6.29. The van der Waals surface area contributed by atoms with Crippen LogP contribution in [0.4, 0.5) is 5.69 Å². The summed E-state index contributed by atoms with van der Waals surface area (Å²) in [4.78, 5) is 0. The predicted octanol–water partition coefficient (Wildman–Crippen LogP) is 1.69. The van der Waals surface area contributed by atoms with Crippen molar-refractivity contribution >= 4 is 15.7 Å². The molecule has 100 valence electrons. The lowest BCUT2D eigenvalue weighted by atomic mass is 10.1. The first kappa shape index (κ1) is 13.4. The van der Waals surface area contributed by atoms with Crippen LogP contribution < -0.4 is 5.32 Å². The van der Waals surface area contributed by atoms with Crippen LogP contribution >= 0.6 is 0 Å². The van der Waals surface area contributed by atoms with Crippen molar-refractivity contribution in [3.63, 3.8) is 0 Å². The summed E-state index contributed by atoms with van der Waals surface area (Å²) in [6.45, 7) is 3.30. The third-order valence-corrected chi connectivity index (χ3v) is 4.60. The molecule has 0 spiro atoms. The maximum Gasteiger partial charge on any atom is 0.211 e. The molecule has 1 saturated heterocycles. The van der Waals surface area contributed by atoms with Crippen LogP contribution in [0, 0.1) is 0 Å². The topological polar surface area (TPSA) is 49.4 Å². The molecule has 0 bridgehead atoms. The van der Waals surface area contributed by atoms with Crippen molar-refractivity contribution < 1.29 is 8.42 Å². The van der Waals surface area contributed by atoms with Crippen LogP contribution in [-0.2, 0) is 16.4 Å². The van der Waals surface area contributed by atoms with Crippen molar-refractivity contribution in [1.82, 2.24) is 4.31 Å². The summed E-state index contributed by atoms with van der Waals surface area (Å²) < 4.78 is 24.4. The summed E-state index contributed by atoms with van der Waals surface area (Å²) in [5.41, 5.74) is 2.37. The molecule has 18 heavy (non-hydrogen) atoms. The highest BCUT2D eigenvalue weighted by atomic mass is 32.2. The van der Waals surface area contributed by atoms with E-state index in [9.17, 15) is 8.42 Å². The SMILES string of the molecule is CCc1cccc(N[C@@H]2CCN(S(C)(=O)=O)C2)c1. The highest BCUT2D eigenvalue weighted by Crippen LogP contribution is 2.18. The Balaban J connectivity index is 1.99. The zero-order chi connectivity index (χ0) is 13.2. The number of rotatable bonds is 4. The van der Waals surface area contributed by atoms with Crippen molar-refractivity contribution in [2.24, 2.45) is 0 Å². The van der Waals surface area contributed by atoms with Crippen molar-refractivity contribution in [2.75, 3.05) is 24.7 Å². The zero-order valence-corrected chi connectivity index (χ0v) is 11.7. The number of nitrogens with zero attached hydrogens (tertiary/aromatic N) is 1. The molecule has 1 aromatic rings. The van der Waals surface area contributed by atoms with Gasteiger partial charge in [-0.05, 0) is 30.5 Å². The molecule has 1 aliphatic rings. The van der Waals surface area contributed by atoms with Crippen molar-refractivity contribution in [1.29, 1.82) is 0 Å². The average molecular weight is 268 g/mol. The van der Waals surface area contributed by atoms with Gasteiger partial charge in [0.05, 0.1) is 6.26 Å². The number of nitrogens with one attached hydrogen (secondary N) is 1. The summed E-state index contributed by atoms with van der Waals surface area (Å²) in [6.07, 6.45) is 3.14. The minimum absolute atomic E-state index is 0.215. The van der Waals surface area contributed by atoms with Crippen LogP contribution in [0.1, 0.15) is 18.9 Å².